The molecule has 1 unspecified atom stereocenters. The minimum absolute atomic E-state index is 0.538. The minimum Gasteiger partial charge on any atom is -0.481 e. The van der Waals surface area contributed by atoms with Gasteiger partial charge in [-0.2, -0.15) is 0 Å². The van der Waals surface area contributed by atoms with Crippen molar-refractivity contribution in [3.8, 4) is 0 Å². The lowest BCUT2D eigenvalue weighted by atomic mass is 10.1. The van der Waals surface area contributed by atoms with Crippen LogP contribution in [0.2, 0.25) is 0 Å². The molecule has 1 aromatic rings. The molecule has 0 aliphatic rings. The molecule has 0 radical (unpaired) electrons. The van der Waals surface area contributed by atoms with E-state index in [1.807, 2.05) is 6.92 Å². The third-order valence-corrected chi connectivity index (χ3v) is 3.16. The maximum atomic E-state index is 10.6. The van der Waals surface area contributed by atoms with Gasteiger partial charge in [0.25, 0.3) is 0 Å². The van der Waals surface area contributed by atoms with Crippen LogP contribution in [-0.2, 0) is 4.79 Å². The van der Waals surface area contributed by atoms with Gasteiger partial charge in [0.1, 0.15) is 0 Å². The molecule has 0 saturated carbocycles. The Balaban J connectivity index is 3.02. The first-order valence-corrected chi connectivity index (χ1v) is 4.99. The van der Waals surface area contributed by atoms with E-state index in [2.05, 4.69) is 20.9 Å². The zero-order valence-electron chi connectivity index (χ0n) is 6.67. The molecule has 1 rings (SSSR count). The molecular formula is C7H8BrNO2S. The zero-order chi connectivity index (χ0) is 9.30. The average molecular weight is 250 g/mol. The van der Waals surface area contributed by atoms with Crippen LogP contribution in [-0.4, -0.2) is 16.1 Å². The third-order valence-electron chi connectivity index (χ3n) is 1.50. The van der Waals surface area contributed by atoms with Crippen LogP contribution in [0, 0.1) is 6.92 Å². The van der Waals surface area contributed by atoms with E-state index in [1.165, 1.54) is 11.3 Å². The van der Waals surface area contributed by atoms with Gasteiger partial charge in [0, 0.05) is 0 Å². The topological polar surface area (TPSA) is 50.2 Å². The quantitative estimate of drug-likeness (QED) is 0.876. The summed E-state index contributed by atoms with van der Waals surface area (Å²) in [5.41, 5.74) is 0.616. The van der Waals surface area contributed by atoms with Gasteiger partial charge in [0.15, 0.2) is 0 Å². The van der Waals surface area contributed by atoms with Gasteiger partial charge in [0.2, 0.25) is 0 Å². The van der Waals surface area contributed by atoms with E-state index in [4.69, 9.17) is 5.11 Å². The normalized spacial score (nSPS) is 12.9. The summed E-state index contributed by atoms with van der Waals surface area (Å²) in [7, 11) is 0. The Bertz CT molecular complexity index is 310. The fraction of sp³-hybridized carbons (Fsp3) is 0.429. The standard InChI is InChI=1S/C7H8BrNO2S/c1-3(7(10)11)5-6(8)12-4(2)9-5/h3H,1-2H3,(H,10,11). The molecule has 1 atom stereocenters. The number of carboxylic acid groups (broad SMARTS) is 1. The third kappa shape index (κ3) is 1.84. The highest BCUT2D eigenvalue weighted by Crippen LogP contribution is 2.29. The summed E-state index contributed by atoms with van der Waals surface area (Å²) in [5.74, 6) is -1.38. The Labute approximate surface area is 82.6 Å². The fourth-order valence-corrected chi connectivity index (χ4v) is 2.67. The molecule has 1 heterocycles. The van der Waals surface area contributed by atoms with Crippen LogP contribution in [0.1, 0.15) is 23.5 Å². The summed E-state index contributed by atoms with van der Waals surface area (Å²) in [6.45, 7) is 3.48. The predicted molar refractivity (Wildman–Crippen MR) is 50.6 cm³/mol. The van der Waals surface area contributed by atoms with Crippen molar-refractivity contribution in [2.24, 2.45) is 0 Å². The summed E-state index contributed by atoms with van der Waals surface area (Å²) in [6, 6.07) is 0. The number of hydrogen-bond acceptors (Lipinski definition) is 3. The van der Waals surface area contributed by atoms with Gasteiger partial charge in [-0.3, -0.25) is 4.79 Å². The first-order chi connectivity index (χ1) is 5.52. The average Bonchev–Trinajstić information content (AvgIpc) is 2.28. The van der Waals surface area contributed by atoms with Gasteiger partial charge in [-0.1, -0.05) is 0 Å². The van der Waals surface area contributed by atoms with Gasteiger partial charge < -0.3 is 5.11 Å². The van der Waals surface area contributed by atoms with Gasteiger partial charge in [-0.05, 0) is 29.8 Å². The number of rotatable bonds is 2. The number of carbonyl (C=O) groups is 1. The van der Waals surface area contributed by atoms with Crippen molar-refractivity contribution in [1.82, 2.24) is 4.98 Å². The Morgan fingerprint density at radius 1 is 1.75 bits per heavy atom. The molecule has 1 aromatic heterocycles. The highest BCUT2D eigenvalue weighted by molar-refractivity contribution is 9.11. The number of aromatic nitrogens is 1. The second kappa shape index (κ2) is 3.53. The van der Waals surface area contributed by atoms with Crippen LogP contribution in [0.3, 0.4) is 0 Å². The van der Waals surface area contributed by atoms with Crippen molar-refractivity contribution in [3.63, 3.8) is 0 Å². The van der Waals surface area contributed by atoms with Crippen LogP contribution in [0.4, 0.5) is 0 Å². The second-order valence-electron chi connectivity index (χ2n) is 2.45. The Hall–Kier alpha value is -0.420. The summed E-state index contributed by atoms with van der Waals surface area (Å²) < 4.78 is 0.815. The molecule has 1 N–H and O–H groups in total. The summed E-state index contributed by atoms with van der Waals surface area (Å²) in [6.07, 6.45) is 0. The summed E-state index contributed by atoms with van der Waals surface area (Å²) >= 11 is 4.74. The summed E-state index contributed by atoms with van der Waals surface area (Å²) in [5, 5.41) is 9.59. The fourth-order valence-electron chi connectivity index (χ4n) is 0.802. The van der Waals surface area contributed by atoms with E-state index in [0.717, 1.165) is 8.79 Å². The zero-order valence-corrected chi connectivity index (χ0v) is 9.07. The molecule has 12 heavy (non-hydrogen) atoms. The number of thiazole rings is 1. The van der Waals surface area contributed by atoms with Crippen molar-refractivity contribution in [3.05, 3.63) is 14.5 Å². The minimum atomic E-state index is -0.846. The molecule has 0 aliphatic heterocycles. The largest absolute Gasteiger partial charge is 0.481 e. The molecular weight excluding hydrogens is 242 g/mol. The van der Waals surface area contributed by atoms with Gasteiger partial charge >= 0.3 is 5.97 Å². The van der Waals surface area contributed by atoms with Crippen LogP contribution in [0.25, 0.3) is 0 Å². The molecule has 0 fully saturated rings. The number of aliphatic carboxylic acids is 1. The molecule has 5 heteroatoms. The monoisotopic (exact) mass is 249 g/mol. The molecule has 0 bridgehead atoms. The van der Waals surface area contributed by atoms with Crippen molar-refractivity contribution >= 4 is 33.2 Å². The van der Waals surface area contributed by atoms with Crippen LogP contribution >= 0.6 is 27.3 Å². The van der Waals surface area contributed by atoms with E-state index in [-0.39, 0.29) is 0 Å². The van der Waals surface area contributed by atoms with Crippen LogP contribution < -0.4 is 0 Å². The van der Waals surface area contributed by atoms with Crippen LogP contribution in [0.5, 0.6) is 0 Å². The van der Waals surface area contributed by atoms with Crippen molar-refractivity contribution in [2.75, 3.05) is 0 Å². The van der Waals surface area contributed by atoms with Crippen molar-refractivity contribution in [2.45, 2.75) is 19.8 Å². The van der Waals surface area contributed by atoms with Gasteiger partial charge in [-0.25, -0.2) is 4.98 Å². The van der Waals surface area contributed by atoms with E-state index < -0.39 is 11.9 Å². The maximum Gasteiger partial charge on any atom is 0.312 e. The molecule has 0 amide bonds. The Morgan fingerprint density at radius 3 is 2.67 bits per heavy atom. The lowest BCUT2D eigenvalue weighted by Crippen LogP contribution is -2.08. The lowest BCUT2D eigenvalue weighted by molar-refractivity contribution is -0.138. The number of carboxylic acids is 1. The van der Waals surface area contributed by atoms with Crippen molar-refractivity contribution < 1.29 is 9.90 Å². The smallest absolute Gasteiger partial charge is 0.312 e. The molecule has 0 spiro atoms. The molecule has 0 saturated heterocycles. The number of hydrogen-bond donors (Lipinski definition) is 1. The predicted octanol–water partition coefficient (Wildman–Crippen LogP) is 2.40. The number of aryl methyl sites for hydroxylation is 1. The first-order valence-electron chi connectivity index (χ1n) is 3.38. The highest BCUT2D eigenvalue weighted by Gasteiger charge is 2.19. The van der Waals surface area contributed by atoms with E-state index in [0.29, 0.717) is 5.69 Å². The Kier molecular flexibility index (Phi) is 2.85. The second-order valence-corrected chi connectivity index (χ2v) is 4.97. The van der Waals surface area contributed by atoms with E-state index in [1.54, 1.807) is 6.92 Å². The maximum absolute atomic E-state index is 10.6. The highest BCUT2D eigenvalue weighted by atomic mass is 79.9. The lowest BCUT2D eigenvalue weighted by Gasteiger charge is -2.01. The van der Waals surface area contributed by atoms with Crippen molar-refractivity contribution in [1.29, 1.82) is 0 Å². The SMILES string of the molecule is Cc1nc(C(C)C(=O)O)c(Br)s1. The van der Waals surface area contributed by atoms with Gasteiger partial charge in [-0.15, -0.1) is 11.3 Å². The van der Waals surface area contributed by atoms with E-state index in [9.17, 15) is 4.79 Å². The summed E-state index contributed by atoms with van der Waals surface area (Å²) in [4.78, 5) is 14.7. The number of nitrogens with zero attached hydrogens (tertiary/aromatic N) is 1. The number of halogens is 1. The molecule has 0 aliphatic carbocycles. The van der Waals surface area contributed by atoms with E-state index >= 15 is 0 Å². The van der Waals surface area contributed by atoms with Crippen LogP contribution in [0.15, 0.2) is 3.79 Å². The molecule has 0 aromatic carbocycles. The molecule has 66 valence electrons. The Morgan fingerprint density at radius 2 is 2.33 bits per heavy atom. The van der Waals surface area contributed by atoms with Gasteiger partial charge in [0.05, 0.1) is 20.4 Å². The molecule has 3 nitrogen and oxygen atoms in total. The first kappa shape index (κ1) is 9.67.